The Morgan fingerprint density at radius 1 is 1.26 bits per heavy atom. The van der Waals surface area contributed by atoms with Gasteiger partial charge >= 0.3 is 0 Å². The van der Waals surface area contributed by atoms with Crippen LogP contribution in [0.1, 0.15) is 50.7 Å². The SMILES string of the molecule is CCOC(C(=O)NC1C2CCCC1CC(N)C2)c1ccccc1. The molecule has 3 N–H and O–H groups in total. The van der Waals surface area contributed by atoms with Crippen LogP contribution in [0.2, 0.25) is 0 Å². The summed E-state index contributed by atoms with van der Waals surface area (Å²) in [6, 6.07) is 10.3. The van der Waals surface area contributed by atoms with Gasteiger partial charge < -0.3 is 15.8 Å². The molecule has 0 aliphatic heterocycles. The van der Waals surface area contributed by atoms with Gasteiger partial charge in [0.1, 0.15) is 0 Å². The first-order chi connectivity index (χ1) is 11.2. The molecule has 1 aromatic rings. The van der Waals surface area contributed by atoms with Crippen LogP contribution in [0.25, 0.3) is 0 Å². The van der Waals surface area contributed by atoms with Crippen LogP contribution in [0.3, 0.4) is 0 Å². The number of nitrogens with one attached hydrogen (secondary N) is 1. The number of hydrogen-bond acceptors (Lipinski definition) is 3. The maximum Gasteiger partial charge on any atom is 0.254 e. The van der Waals surface area contributed by atoms with Gasteiger partial charge in [0.25, 0.3) is 5.91 Å². The van der Waals surface area contributed by atoms with Gasteiger partial charge in [-0.25, -0.2) is 0 Å². The van der Waals surface area contributed by atoms with Crippen molar-refractivity contribution >= 4 is 5.91 Å². The number of hydrogen-bond donors (Lipinski definition) is 2. The molecule has 3 unspecified atom stereocenters. The lowest BCUT2D eigenvalue weighted by atomic mass is 9.67. The number of ether oxygens (including phenoxy) is 1. The minimum absolute atomic E-state index is 0.00424. The molecule has 3 atom stereocenters. The van der Waals surface area contributed by atoms with Crippen molar-refractivity contribution in [3.8, 4) is 0 Å². The lowest BCUT2D eigenvalue weighted by Crippen LogP contribution is -2.54. The van der Waals surface area contributed by atoms with Gasteiger partial charge in [-0.2, -0.15) is 0 Å². The van der Waals surface area contributed by atoms with E-state index in [2.05, 4.69) is 5.32 Å². The summed E-state index contributed by atoms with van der Waals surface area (Å²) < 4.78 is 5.74. The number of benzene rings is 1. The van der Waals surface area contributed by atoms with Crippen LogP contribution in [0.4, 0.5) is 0 Å². The monoisotopic (exact) mass is 316 g/mol. The smallest absolute Gasteiger partial charge is 0.254 e. The van der Waals surface area contributed by atoms with Crippen LogP contribution in [0.15, 0.2) is 30.3 Å². The van der Waals surface area contributed by atoms with Crippen LogP contribution < -0.4 is 11.1 Å². The molecule has 1 aromatic carbocycles. The second kappa shape index (κ2) is 7.45. The topological polar surface area (TPSA) is 64.3 Å². The second-order valence-corrected chi connectivity index (χ2v) is 6.96. The van der Waals surface area contributed by atoms with Gasteiger partial charge in [-0.1, -0.05) is 36.8 Å². The Labute approximate surface area is 138 Å². The Kier molecular flexibility index (Phi) is 5.34. The third kappa shape index (κ3) is 3.75. The highest BCUT2D eigenvalue weighted by Gasteiger charge is 2.40. The van der Waals surface area contributed by atoms with Gasteiger partial charge in [0.15, 0.2) is 6.10 Å². The third-order valence-electron chi connectivity index (χ3n) is 5.36. The fourth-order valence-electron chi connectivity index (χ4n) is 4.38. The van der Waals surface area contributed by atoms with Crippen molar-refractivity contribution in [3.05, 3.63) is 35.9 Å². The van der Waals surface area contributed by atoms with Crippen LogP contribution >= 0.6 is 0 Å². The molecule has 2 aliphatic carbocycles. The standard InChI is InChI=1S/C19H28N2O2/c1-2-23-18(13-7-4-3-5-8-13)19(22)21-17-14-9-6-10-15(17)12-16(20)11-14/h3-5,7-8,14-18H,2,6,9-12,20H2,1H3,(H,21,22). The fourth-order valence-corrected chi connectivity index (χ4v) is 4.38. The Morgan fingerprint density at radius 2 is 1.91 bits per heavy atom. The minimum atomic E-state index is -0.516. The molecule has 1 amide bonds. The molecule has 4 nitrogen and oxygen atoms in total. The van der Waals surface area contributed by atoms with E-state index in [1.165, 1.54) is 19.3 Å². The lowest BCUT2D eigenvalue weighted by molar-refractivity contribution is -0.135. The molecular weight excluding hydrogens is 288 g/mol. The van der Waals surface area contributed by atoms with Gasteiger partial charge in [-0.05, 0) is 50.0 Å². The molecule has 4 heteroatoms. The van der Waals surface area contributed by atoms with Crippen molar-refractivity contribution < 1.29 is 9.53 Å². The summed E-state index contributed by atoms with van der Waals surface area (Å²) in [5, 5.41) is 3.31. The minimum Gasteiger partial charge on any atom is -0.364 e. The molecule has 2 fully saturated rings. The number of nitrogens with two attached hydrogens (primary N) is 1. The summed E-state index contributed by atoms with van der Waals surface area (Å²) in [6.07, 6.45) is 5.18. The zero-order chi connectivity index (χ0) is 16.2. The summed E-state index contributed by atoms with van der Waals surface area (Å²) in [5.41, 5.74) is 7.10. The number of carbonyl (C=O) groups excluding carboxylic acids is 1. The highest BCUT2D eigenvalue weighted by molar-refractivity contribution is 5.82. The van der Waals surface area contributed by atoms with Crippen LogP contribution in [0, 0.1) is 11.8 Å². The van der Waals surface area contributed by atoms with Crippen molar-refractivity contribution in [2.24, 2.45) is 17.6 Å². The number of rotatable bonds is 5. The average Bonchev–Trinajstić information content (AvgIpc) is 2.54. The lowest BCUT2D eigenvalue weighted by Gasteiger charge is -2.45. The summed E-state index contributed by atoms with van der Waals surface area (Å²) >= 11 is 0. The first-order valence-corrected chi connectivity index (χ1v) is 8.91. The first kappa shape index (κ1) is 16.5. The van der Waals surface area contributed by atoms with Crippen molar-refractivity contribution in [1.82, 2.24) is 5.32 Å². The molecule has 3 rings (SSSR count). The molecule has 0 aromatic heterocycles. The number of carbonyl (C=O) groups is 1. The van der Waals surface area contributed by atoms with Crippen LogP contribution in [-0.2, 0) is 9.53 Å². The maximum absolute atomic E-state index is 12.8. The second-order valence-electron chi connectivity index (χ2n) is 6.96. The molecule has 0 saturated heterocycles. The predicted molar refractivity (Wildman–Crippen MR) is 90.8 cm³/mol. The van der Waals surface area contributed by atoms with Crippen molar-refractivity contribution in [3.63, 3.8) is 0 Å². The quantitative estimate of drug-likeness (QED) is 0.878. The normalized spacial score (nSPS) is 31.4. The van der Waals surface area contributed by atoms with E-state index in [1.54, 1.807) is 0 Å². The summed E-state index contributed by atoms with van der Waals surface area (Å²) in [7, 11) is 0. The highest BCUT2D eigenvalue weighted by atomic mass is 16.5. The highest BCUT2D eigenvalue weighted by Crippen LogP contribution is 2.40. The van der Waals surface area contributed by atoms with Crippen molar-refractivity contribution in [1.29, 1.82) is 0 Å². The molecule has 2 aliphatic rings. The molecule has 0 radical (unpaired) electrons. The Morgan fingerprint density at radius 3 is 2.52 bits per heavy atom. The third-order valence-corrected chi connectivity index (χ3v) is 5.36. The first-order valence-electron chi connectivity index (χ1n) is 8.91. The van der Waals surface area contributed by atoms with E-state index >= 15 is 0 Å². The molecule has 126 valence electrons. The zero-order valence-electron chi connectivity index (χ0n) is 13.9. The largest absolute Gasteiger partial charge is 0.364 e. The maximum atomic E-state index is 12.8. The van der Waals surface area contributed by atoms with Gasteiger partial charge in [0.05, 0.1) is 0 Å². The van der Waals surface area contributed by atoms with Crippen LogP contribution in [-0.4, -0.2) is 24.6 Å². The van der Waals surface area contributed by atoms with E-state index in [4.69, 9.17) is 10.5 Å². The van der Waals surface area contributed by atoms with E-state index in [9.17, 15) is 4.79 Å². The summed E-state index contributed by atoms with van der Waals surface area (Å²) in [5.74, 6) is 1.05. The van der Waals surface area contributed by atoms with Gasteiger partial charge in [0.2, 0.25) is 0 Å². The average molecular weight is 316 g/mol. The van der Waals surface area contributed by atoms with Crippen LogP contribution in [0.5, 0.6) is 0 Å². The molecule has 0 spiro atoms. The fraction of sp³-hybridized carbons (Fsp3) is 0.632. The molecule has 2 saturated carbocycles. The van der Waals surface area contributed by atoms with Crippen molar-refractivity contribution in [2.45, 2.75) is 57.2 Å². The summed E-state index contributed by atoms with van der Waals surface area (Å²) in [4.78, 5) is 12.8. The molecule has 0 heterocycles. The Balaban J connectivity index is 1.71. The van der Waals surface area contributed by atoms with E-state index in [0.29, 0.717) is 24.5 Å². The number of fused-ring (bicyclic) bond motifs is 2. The number of amides is 1. The Bertz CT molecular complexity index is 505. The Hall–Kier alpha value is -1.39. The molecule has 23 heavy (non-hydrogen) atoms. The van der Waals surface area contributed by atoms with E-state index in [-0.39, 0.29) is 11.9 Å². The van der Waals surface area contributed by atoms with E-state index < -0.39 is 6.10 Å². The summed E-state index contributed by atoms with van der Waals surface area (Å²) in [6.45, 7) is 2.45. The predicted octanol–water partition coefficient (Wildman–Crippen LogP) is 2.79. The van der Waals surface area contributed by atoms with E-state index in [1.807, 2.05) is 37.3 Å². The van der Waals surface area contributed by atoms with Gasteiger partial charge in [-0.3, -0.25) is 4.79 Å². The van der Waals surface area contributed by atoms with E-state index in [0.717, 1.165) is 18.4 Å². The zero-order valence-corrected chi connectivity index (χ0v) is 13.9. The van der Waals surface area contributed by atoms with Crippen molar-refractivity contribution in [2.75, 3.05) is 6.61 Å². The molecule has 2 bridgehead atoms. The van der Waals surface area contributed by atoms with Gasteiger partial charge in [0, 0.05) is 18.7 Å². The molecular formula is C19H28N2O2. The van der Waals surface area contributed by atoms with Gasteiger partial charge in [-0.15, -0.1) is 0 Å².